The zero-order valence-corrected chi connectivity index (χ0v) is 16.5. The third-order valence-corrected chi connectivity index (χ3v) is 6.87. The van der Waals surface area contributed by atoms with Crippen LogP contribution in [-0.2, 0) is 9.84 Å². The molecule has 144 valence electrons. The number of nitrogens with zero attached hydrogens (tertiary/aromatic N) is 5. The second-order valence-electron chi connectivity index (χ2n) is 7.10. The highest BCUT2D eigenvalue weighted by Gasteiger charge is 2.33. The Morgan fingerprint density at radius 1 is 1.27 bits per heavy atom. The fourth-order valence-corrected chi connectivity index (χ4v) is 5.34. The van der Waals surface area contributed by atoms with E-state index in [0.29, 0.717) is 43.4 Å². The molecular formula is C17H27N5O3S. The molecule has 1 aromatic heterocycles. The molecule has 1 unspecified atom stereocenters. The standard InChI is InChI=1S/C17H27N5O3S/c1-4-22(14-5-10-26(24,25)12-14)16-11-15(18-13(2)19-16)17(23)21-8-6-20(3)7-9-21/h11,14H,4-10,12H2,1-3H3. The Balaban J connectivity index is 1.83. The molecule has 3 heterocycles. The zero-order valence-electron chi connectivity index (χ0n) is 15.7. The van der Waals surface area contributed by atoms with Gasteiger partial charge < -0.3 is 14.7 Å². The van der Waals surface area contributed by atoms with E-state index in [0.717, 1.165) is 13.1 Å². The van der Waals surface area contributed by atoms with Gasteiger partial charge in [-0.1, -0.05) is 0 Å². The predicted octanol–water partition coefficient (Wildman–Crippen LogP) is 0.186. The van der Waals surface area contributed by atoms with Crippen LogP contribution in [0.5, 0.6) is 0 Å². The maximum atomic E-state index is 12.8. The minimum Gasteiger partial charge on any atom is -0.353 e. The summed E-state index contributed by atoms with van der Waals surface area (Å²) in [6.45, 7) is 7.46. The average molecular weight is 382 g/mol. The SMILES string of the molecule is CCN(c1cc(C(=O)N2CCN(C)CC2)nc(C)n1)C1CCS(=O)(=O)C1. The number of aryl methyl sites for hydroxylation is 1. The Morgan fingerprint density at radius 2 is 1.96 bits per heavy atom. The van der Waals surface area contributed by atoms with Crippen molar-refractivity contribution >= 4 is 21.6 Å². The predicted molar refractivity (Wildman–Crippen MR) is 100 cm³/mol. The fourth-order valence-electron chi connectivity index (χ4n) is 3.61. The number of sulfone groups is 1. The van der Waals surface area contributed by atoms with Crippen molar-refractivity contribution < 1.29 is 13.2 Å². The Hall–Kier alpha value is -1.74. The Morgan fingerprint density at radius 3 is 2.54 bits per heavy atom. The van der Waals surface area contributed by atoms with Gasteiger partial charge in [0.15, 0.2) is 9.84 Å². The monoisotopic (exact) mass is 381 g/mol. The van der Waals surface area contributed by atoms with Gasteiger partial charge in [-0.05, 0) is 27.3 Å². The molecule has 0 aromatic carbocycles. The Bertz CT molecular complexity index is 775. The van der Waals surface area contributed by atoms with Crippen LogP contribution in [0.4, 0.5) is 5.82 Å². The minimum atomic E-state index is -2.98. The zero-order chi connectivity index (χ0) is 18.9. The number of likely N-dealkylation sites (N-methyl/N-ethyl adjacent to an activating group) is 1. The van der Waals surface area contributed by atoms with Crippen molar-refractivity contribution in [3.8, 4) is 0 Å². The van der Waals surface area contributed by atoms with Crippen LogP contribution in [0.15, 0.2) is 6.07 Å². The number of carbonyl (C=O) groups excluding carboxylic acids is 1. The normalized spacial score (nSPS) is 23.2. The van der Waals surface area contributed by atoms with Crippen LogP contribution in [0.2, 0.25) is 0 Å². The summed E-state index contributed by atoms with van der Waals surface area (Å²) < 4.78 is 23.7. The summed E-state index contributed by atoms with van der Waals surface area (Å²) in [5.74, 6) is 1.44. The first kappa shape index (κ1) is 19.0. The summed E-state index contributed by atoms with van der Waals surface area (Å²) in [4.78, 5) is 27.7. The van der Waals surface area contributed by atoms with Crippen molar-refractivity contribution in [3.63, 3.8) is 0 Å². The van der Waals surface area contributed by atoms with E-state index < -0.39 is 9.84 Å². The molecule has 2 aliphatic rings. The number of hydrogen-bond acceptors (Lipinski definition) is 7. The molecule has 0 saturated carbocycles. The molecule has 26 heavy (non-hydrogen) atoms. The summed E-state index contributed by atoms with van der Waals surface area (Å²) in [6, 6.07) is 1.62. The number of rotatable bonds is 4. The molecule has 8 nitrogen and oxygen atoms in total. The Kier molecular flexibility index (Phi) is 5.47. The van der Waals surface area contributed by atoms with Crippen molar-refractivity contribution in [2.24, 2.45) is 0 Å². The average Bonchev–Trinajstić information content (AvgIpc) is 2.95. The molecule has 9 heteroatoms. The van der Waals surface area contributed by atoms with Gasteiger partial charge in [0, 0.05) is 44.8 Å². The maximum Gasteiger partial charge on any atom is 0.272 e. The van der Waals surface area contributed by atoms with Gasteiger partial charge in [-0.3, -0.25) is 4.79 Å². The van der Waals surface area contributed by atoms with Crippen molar-refractivity contribution in [2.45, 2.75) is 26.3 Å². The highest BCUT2D eigenvalue weighted by molar-refractivity contribution is 7.91. The first-order valence-electron chi connectivity index (χ1n) is 9.09. The molecule has 0 bridgehead atoms. The molecule has 2 fully saturated rings. The molecule has 1 atom stereocenters. The van der Waals surface area contributed by atoms with E-state index in [2.05, 4.69) is 14.9 Å². The van der Waals surface area contributed by atoms with Crippen LogP contribution in [-0.4, -0.2) is 91.4 Å². The van der Waals surface area contributed by atoms with Crippen LogP contribution < -0.4 is 4.90 Å². The molecule has 3 rings (SSSR count). The third-order valence-electron chi connectivity index (χ3n) is 5.12. The smallest absolute Gasteiger partial charge is 0.272 e. The molecule has 0 radical (unpaired) electrons. The van der Waals surface area contributed by atoms with E-state index >= 15 is 0 Å². The van der Waals surface area contributed by atoms with Crippen LogP contribution in [0.25, 0.3) is 0 Å². The lowest BCUT2D eigenvalue weighted by Crippen LogP contribution is -2.47. The number of hydrogen-bond donors (Lipinski definition) is 0. The lowest BCUT2D eigenvalue weighted by molar-refractivity contribution is 0.0657. The van der Waals surface area contributed by atoms with Crippen molar-refractivity contribution in [3.05, 3.63) is 17.6 Å². The van der Waals surface area contributed by atoms with Gasteiger partial charge in [-0.2, -0.15) is 0 Å². The summed E-state index contributed by atoms with van der Waals surface area (Å²) in [7, 11) is -0.937. The van der Waals surface area contributed by atoms with Crippen molar-refractivity contribution in [1.29, 1.82) is 0 Å². The summed E-state index contributed by atoms with van der Waals surface area (Å²) in [5, 5.41) is 0. The van der Waals surface area contributed by atoms with Crippen molar-refractivity contribution in [2.75, 3.05) is 56.2 Å². The highest BCUT2D eigenvalue weighted by Crippen LogP contribution is 2.24. The van der Waals surface area contributed by atoms with Gasteiger partial charge in [0.2, 0.25) is 0 Å². The summed E-state index contributed by atoms with van der Waals surface area (Å²) >= 11 is 0. The number of aromatic nitrogens is 2. The second-order valence-corrected chi connectivity index (χ2v) is 9.33. The second kappa shape index (κ2) is 7.48. The third kappa shape index (κ3) is 4.15. The van der Waals surface area contributed by atoms with E-state index in [-0.39, 0.29) is 23.5 Å². The van der Waals surface area contributed by atoms with Gasteiger partial charge in [0.1, 0.15) is 17.3 Å². The number of piperazine rings is 1. The van der Waals surface area contributed by atoms with Crippen LogP contribution in [0.3, 0.4) is 0 Å². The molecular weight excluding hydrogens is 354 g/mol. The van der Waals surface area contributed by atoms with Gasteiger partial charge >= 0.3 is 0 Å². The minimum absolute atomic E-state index is 0.0834. The Labute approximate surface area is 155 Å². The molecule has 2 aliphatic heterocycles. The van der Waals surface area contributed by atoms with Crippen LogP contribution in [0.1, 0.15) is 29.7 Å². The quantitative estimate of drug-likeness (QED) is 0.736. The first-order chi connectivity index (χ1) is 12.3. The number of anilines is 1. The van der Waals surface area contributed by atoms with Crippen LogP contribution in [0, 0.1) is 6.92 Å². The molecule has 1 aromatic rings. The maximum absolute atomic E-state index is 12.8. The van der Waals surface area contributed by atoms with Gasteiger partial charge in [-0.25, -0.2) is 18.4 Å². The number of carbonyl (C=O) groups is 1. The van der Waals surface area contributed by atoms with Gasteiger partial charge in [0.05, 0.1) is 11.5 Å². The molecule has 1 amide bonds. The molecule has 0 spiro atoms. The van der Waals surface area contributed by atoms with E-state index in [1.807, 2.05) is 23.8 Å². The molecule has 0 aliphatic carbocycles. The van der Waals surface area contributed by atoms with Crippen molar-refractivity contribution in [1.82, 2.24) is 19.8 Å². The first-order valence-corrected chi connectivity index (χ1v) is 10.9. The van der Waals surface area contributed by atoms with Crippen LogP contribution >= 0.6 is 0 Å². The van der Waals surface area contributed by atoms with Gasteiger partial charge in [0.25, 0.3) is 5.91 Å². The lowest BCUT2D eigenvalue weighted by Gasteiger charge is -2.32. The van der Waals surface area contributed by atoms with E-state index in [9.17, 15) is 13.2 Å². The largest absolute Gasteiger partial charge is 0.353 e. The van der Waals surface area contributed by atoms with E-state index in [1.165, 1.54) is 0 Å². The number of amides is 1. The fraction of sp³-hybridized carbons (Fsp3) is 0.706. The summed E-state index contributed by atoms with van der Waals surface area (Å²) in [5.41, 5.74) is 0.386. The van der Waals surface area contributed by atoms with Gasteiger partial charge in [-0.15, -0.1) is 0 Å². The summed E-state index contributed by atoms with van der Waals surface area (Å²) in [6.07, 6.45) is 0.598. The highest BCUT2D eigenvalue weighted by atomic mass is 32.2. The lowest BCUT2D eigenvalue weighted by atomic mass is 10.2. The van der Waals surface area contributed by atoms with E-state index in [4.69, 9.17) is 0 Å². The topological polar surface area (TPSA) is 86.7 Å². The molecule has 0 N–H and O–H groups in total. The molecule has 2 saturated heterocycles. The van der Waals surface area contributed by atoms with E-state index in [1.54, 1.807) is 13.0 Å².